The van der Waals surface area contributed by atoms with Crippen LogP contribution in [0.4, 0.5) is 11.8 Å². The molecule has 0 aromatic carbocycles. The second kappa shape index (κ2) is 6.03. The third-order valence-electron chi connectivity index (χ3n) is 3.52. The van der Waals surface area contributed by atoms with Gasteiger partial charge in [0.2, 0.25) is 5.95 Å². The third kappa shape index (κ3) is 3.59. The maximum absolute atomic E-state index is 4.47. The van der Waals surface area contributed by atoms with Crippen LogP contribution in [0.3, 0.4) is 0 Å². The summed E-state index contributed by atoms with van der Waals surface area (Å²) in [5.74, 6) is 3.26. The molecule has 2 unspecified atom stereocenters. The highest BCUT2D eigenvalue weighted by atomic mass is 15.1. The van der Waals surface area contributed by atoms with Gasteiger partial charge >= 0.3 is 0 Å². The zero-order valence-corrected chi connectivity index (χ0v) is 11.6. The maximum Gasteiger partial charge on any atom is 0.224 e. The van der Waals surface area contributed by atoms with Gasteiger partial charge in [0.05, 0.1) is 0 Å². The van der Waals surface area contributed by atoms with Crippen LogP contribution in [0.25, 0.3) is 0 Å². The standard InChI is InChI=1S/C14H24N4/c1-4-15-14-16-6-5-13(18-14)17-12-8-10(2)7-11(3)9-12/h5-6,10-12H,4,7-9H2,1-3H3,(H2,15,16,17,18). The summed E-state index contributed by atoms with van der Waals surface area (Å²) in [5, 5.41) is 6.69. The van der Waals surface area contributed by atoms with Gasteiger partial charge in [-0.1, -0.05) is 13.8 Å². The first kappa shape index (κ1) is 13.1. The van der Waals surface area contributed by atoms with E-state index < -0.39 is 0 Å². The predicted molar refractivity (Wildman–Crippen MR) is 75.8 cm³/mol. The zero-order valence-electron chi connectivity index (χ0n) is 11.6. The molecule has 1 saturated carbocycles. The Morgan fingerprint density at radius 3 is 2.61 bits per heavy atom. The minimum absolute atomic E-state index is 0.549. The van der Waals surface area contributed by atoms with Crippen molar-refractivity contribution in [3.8, 4) is 0 Å². The van der Waals surface area contributed by atoms with Crippen LogP contribution in [0, 0.1) is 11.8 Å². The highest BCUT2D eigenvalue weighted by molar-refractivity contribution is 5.40. The lowest BCUT2D eigenvalue weighted by molar-refractivity contribution is 0.280. The van der Waals surface area contributed by atoms with Crippen molar-refractivity contribution in [1.82, 2.24) is 9.97 Å². The fraction of sp³-hybridized carbons (Fsp3) is 0.714. The molecule has 4 heteroatoms. The summed E-state index contributed by atoms with van der Waals surface area (Å²) < 4.78 is 0. The predicted octanol–water partition coefficient (Wildman–Crippen LogP) is 3.15. The van der Waals surface area contributed by atoms with Gasteiger partial charge < -0.3 is 10.6 Å². The van der Waals surface area contributed by atoms with Gasteiger partial charge in [-0.25, -0.2) is 4.98 Å². The lowest BCUT2D eigenvalue weighted by atomic mass is 9.80. The van der Waals surface area contributed by atoms with Crippen LogP contribution >= 0.6 is 0 Å². The van der Waals surface area contributed by atoms with Crippen molar-refractivity contribution in [3.63, 3.8) is 0 Å². The quantitative estimate of drug-likeness (QED) is 0.859. The molecular weight excluding hydrogens is 224 g/mol. The van der Waals surface area contributed by atoms with E-state index in [2.05, 4.69) is 34.4 Å². The Bertz CT molecular complexity index is 370. The number of aromatic nitrogens is 2. The fourth-order valence-electron chi connectivity index (χ4n) is 2.96. The normalized spacial score (nSPS) is 27.8. The molecule has 1 fully saturated rings. The number of nitrogens with zero attached hydrogens (tertiary/aromatic N) is 2. The van der Waals surface area contributed by atoms with Crippen LogP contribution in [0.5, 0.6) is 0 Å². The molecule has 4 nitrogen and oxygen atoms in total. The summed E-state index contributed by atoms with van der Waals surface area (Å²) in [6.07, 6.45) is 5.64. The number of hydrogen-bond donors (Lipinski definition) is 2. The summed E-state index contributed by atoms with van der Waals surface area (Å²) in [6, 6.07) is 2.50. The molecule has 1 aliphatic carbocycles. The van der Waals surface area contributed by atoms with E-state index in [9.17, 15) is 0 Å². The number of rotatable bonds is 4. The molecule has 0 spiro atoms. The molecule has 0 amide bonds. The van der Waals surface area contributed by atoms with Crippen LogP contribution in [0.2, 0.25) is 0 Å². The van der Waals surface area contributed by atoms with Gasteiger partial charge in [0, 0.05) is 18.8 Å². The summed E-state index contributed by atoms with van der Waals surface area (Å²) in [7, 11) is 0. The molecule has 18 heavy (non-hydrogen) atoms. The lowest BCUT2D eigenvalue weighted by Gasteiger charge is -2.32. The molecular formula is C14H24N4. The second-order valence-corrected chi connectivity index (χ2v) is 5.55. The van der Waals surface area contributed by atoms with Gasteiger partial charge in [-0.3, -0.25) is 0 Å². The van der Waals surface area contributed by atoms with Gasteiger partial charge in [-0.15, -0.1) is 0 Å². The van der Waals surface area contributed by atoms with Crippen molar-refractivity contribution >= 4 is 11.8 Å². The highest BCUT2D eigenvalue weighted by Crippen LogP contribution is 2.30. The van der Waals surface area contributed by atoms with Crippen LogP contribution in [-0.2, 0) is 0 Å². The van der Waals surface area contributed by atoms with E-state index in [-0.39, 0.29) is 0 Å². The summed E-state index contributed by atoms with van der Waals surface area (Å²) >= 11 is 0. The smallest absolute Gasteiger partial charge is 0.224 e. The molecule has 1 heterocycles. The van der Waals surface area contributed by atoms with Gasteiger partial charge in [-0.2, -0.15) is 4.98 Å². The van der Waals surface area contributed by atoms with E-state index in [1.54, 1.807) is 0 Å². The first-order valence-electron chi connectivity index (χ1n) is 7.00. The highest BCUT2D eigenvalue weighted by Gasteiger charge is 2.23. The Morgan fingerprint density at radius 1 is 1.22 bits per heavy atom. The molecule has 0 aliphatic heterocycles. The summed E-state index contributed by atoms with van der Waals surface area (Å²) in [4.78, 5) is 8.66. The monoisotopic (exact) mass is 248 g/mol. The van der Waals surface area contributed by atoms with E-state index >= 15 is 0 Å². The molecule has 2 atom stereocenters. The number of nitrogens with one attached hydrogen (secondary N) is 2. The lowest BCUT2D eigenvalue weighted by Crippen LogP contribution is -2.30. The summed E-state index contributed by atoms with van der Waals surface area (Å²) in [5.41, 5.74) is 0. The van der Waals surface area contributed by atoms with Crippen molar-refractivity contribution in [3.05, 3.63) is 12.3 Å². The summed E-state index contributed by atoms with van der Waals surface area (Å²) in [6.45, 7) is 7.58. The van der Waals surface area contributed by atoms with Gasteiger partial charge in [0.25, 0.3) is 0 Å². The SMILES string of the molecule is CCNc1nccc(NC2CC(C)CC(C)C2)n1. The fourth-order valence-corrected chi connectivity index (χ4v) is 2.96. The van der Waals surface area contributed by atoms with Crippen LogP contribution in [-0.4, -0.2) is 22.6 Å². The van der Waals surface area contributed by atoms with E-state index in [4.69, 9.17) is 0 Å². The van der Waals surface area contributed by atoms with Crippen LogP contribution in [0.15, 0.2) is 12.3 Å². The van der Waals surface area contributed by atoms with Crippen molar-refractivity contribution in [1.29, 1.82) is 0 Å². The van der Waals surface area contributed by atoms with E-state index in [1.165, 1.54) is 19.3 Å². The third-order valence-corrected chi connectivity index (χ3v) is 3.52. The first-order valence-corrected chi connectivity index (χ1v) is 7.00. The van der Waals surface area contributed by atoms with Crippen LogP contribution < -0.4 is 10.6 Å². The van der Waals surface area contributed by atoms with Crippen molar-refractivity contribution < 1.29 is 0 Å². The van der Waals surface area contributed by atoms with Crippen LogP contribution in [0.1, 0.15) is 40.0 Å². The Kier molecular flexibility index (Phi) is 4.39. The number of anilines is 2. The Morgan fingerprint density at radius 2 is 1.94 bits per heavy atom. The average Bonchev–Trinajstić information content (AvgIpc) is 2.28. The van der Waals surface area contributed by atoms with Gasteiger partial charge in [-0.05, 0) is 44.1 Å². The zero-order chi connectivity index (χ0) is 13.0. The molecule has 0 bridgehead atoms. The molecule has 100 valence electrons. The largest absolute Gasteiger partial charge is 0.367 e. The Labute approximate surface area is 110 Å². The van der Waals surface area contributed by atoms with E-state index in [0.29, 0.717) is 12.0 Å². The second-order valence-electron chi connectivity index (χ2n) is 5.55. The molecule has 2 rings (SSSR count). The van der Waals surface area contributed by atoms with Crippen molar-refractivity contribution in [2.75, 3.05) is 17.2 Å². The minimum atomic E-state index is 0.549. The van der Waals surface area contributed by atoms with Crippen molar-refractivity contribution in [2.24, 2.45) is 11.8 Å². The Hall–Kier alpha value is -1.32. The van der Waals surface area contributed by atoms with Gasteiger partial charge in [0.15, 0.2) is 0 Å². The molecule has 1 aromatic heterocycles. The topological polar surface area (TPSA) is 49.8 Å². The Balaban J connectivity index is 1.97. The minimum Gasteiger partial charge on any atom is -0.367 e. The van der Waals surface area contributed by atoms with E-state index in [0.717, 1.165) is 24.2 Å². The number of hydrogen-bond acceptors (Lipinski definition) is 4. The molecule has 1 aliphatic rings. The molecule has 0 radical (unpaired) electrons. The molecule has 1 aromatic rings. The average molecular weight is 248 g/mol. The van der Waals surface area contributed by atoms with Gasteiger partial charge in [0.1, 0.15) is 5.82 Å². The van der Waals surface area contributed by atoms with Crippen molar-refractivity contribution in [2.45, 2.75) is 46.1 Å². The molecule has 0 saturated heterocycles. The van der Waals surface area contributed by atoms with E-state index in [1.807, 2.05) is 19.2 Å². The first-order chi connectivity index (χ1) is 8.67. The molecule has 2 N–H and O–H groups in total. The maximum atomic E-state index is 4.47.